The third-order valence-corrected chi connectivity index (χ3v) is 7.14. The summed E-state index contributed by atoms with van der Waals surface area (Å²) in [5.41, 5.74) is 0.381. The van der Waals surface area contributed by atoms with Crippen molar-refractivity contribution in [1.29, 1.82) is 0 Å². The monoisotopic (exact) mass is 287 g/mol. The summed E-state index contributed by atoms with van der Waals surface area (Å²) < 4.78 is 28.8. The van der Waals surface area contributed by atoms with Gasteiger partial charge in [0.1, 0.15) is 9.84 Å². The Balaban J connectivity index is 1.54. The lowest BCUT2D eigenvalue weighted by Crippen LogP contribution is -2.68. The number of hydrogen-bond acceptors (Lipinski definition) is 4. The average molecular weight is 287 g/mol. The molecule has 0 radical (unpaired) electrons. The first-order chi connectivity index (χ1) is 9.06. The van der Waals surface area contributed by atoms with Crippen LogP contribution < -0.4 is 5.32 Å². The number of rotatable bonds is 4. The summed E-state index contributed by atoms with van der Waals surface area (Å²) in [5, 5.41) is 3.73. The lowest BCUT2D eigenvalue weighted by Gasteiger charge is -2.62. The van der Waals surface area contributed by atoms with Gasteiger partial charge in [-0.3, -0.25) is 0 Å². The predicted molar refractivity (Wildman–Crippen MR) is 74.9 cm³/mol. The number of nitrogens with one attached hydrogen (secondary N) is 1. The van der Waals surface area contributed by atoms with E-state index in [4.69, 9.17) is 4.74 Å². The molecule has 110 valence electrons. The molecule has 5 heteroatoms. The van der Waals surface area contributed by atoms with Gasteiger partial charge in [0.15, 0.2) is 0 Å². The van der Waals surface area contributed by atoms with Crippen molar-refractivity contribution in [1.82, 2.24) is 5.32 Å². The van der Waals surface area contributed by atoms with Crippen molar-refractivity contribution >= 4 is 9.84 Å². The zero-order valence-electron chi connectivity index (χ0n) is 11.7. The van der Waals surface area contributed by atoms with Crippen LogP contribution >= 0.6 is 0 Å². The van der Waals surface area contributed by atoms with Gasteiger partial charge in [-0.25, -0.2) is 8.42 Å². The summed E-state index contributed by atoms with van der Waals surface area (Å²) >= 11 is 0. The van der Waals surface area contributed by atoms with Crippen molar-refractivity contribution < 1.29 is 13.2 Å². The maximum Gasteiger partial charge on any atom is 0.150 e. The van der Waals surface area contributed by atoms with Crippen molar-refractivity contribution in [3.8, 4) is 0 Å². The number of hydrogen-bond donors (Lipinski definition) is 1. The van der Waals surface area contributed by atoms with Crippen molar-refractivity contribution in [2.24, 2.45) is 5.41 Å². The second-order valence-electron chi connectivity index (χ2n) is 6.41. The largest absolute Gasteiger partial charge is 0.378 e. The van der Waals surface area contributed by atoms with Crippen molar-refractivity contribution in [3.63, 3.8) is 0 Å². The van der Waals surface area contributed by atoms with E-state index < -0.39 is 9.84 Å². The van der Waals surface area contributed by atoms with Gasteiger partial charge in [-0.05, 0) is 39.0 Å². The highest BCUT2D eigenvalue weighted by Crippen LogP contribution is 2.57. The molecule has 0 aromatic carbocycles. The maximum absolute atomic E-state index is 11.4. The smallest absolute Gasteiger partial charge is 0.150 e. The van der Waals surface area contributed by atoms with Crippen LogP contribution in [0.2, 0.25) is 0 Å². The van der Waals surface area contributed by atoms with Gasteiger partial charge in [-0.1, -0.05) is 6.42 Å². The molecule has 0 amide bonds. The molecular weight excluding hydrogens is 262 g/mol. The minimum absolute atomic E-state index is 0.360. The van der Waals surface area contributed by atoms with Gasteiger partial charge in [0.05, 0.1) is 17.6 Å². The van der Waals surface area contributed by atoms with Crippen LogP contribution in [0.4, 0.5) is 0 Å². The van der Waals surface area contributed by atoms with Crippen LogP contribution in [0.5, 0.6) is 0 Å². The highest BCUT2D eigenvalue weighted by molar-refractivity contribution is 7.91. The molecule has 1 aliphatic heterocycles. The third kappa shape index (κ3) is 2.45. The van der Waals surface area contributed by atoms with Crippen molar-refractivity contribution in [2.75, 3.05) is 18.1 Å². The normalized spacial score (nSPS) is 36.7. The van der Waals surface area contributed by atoms with Crippen LogP contribution in [-0.2, 0) is 14.6 Å². The second kappa shape index (κ2) is 5.01. The molecule has 2 atom stereocenters. The summed E-state index contributed by atoms with van der Waals surface area (Å²) in [6.07, 6.45) is 7.00. The fourth-order valence-corrected chi connectivity index (χ4v) is 5.50. The molecule has 0 bridgehead atoms. The van der Waals surface area contributed by atoms with E-state index in [2.05, 4.69) is 12.2 Å². The van der Waals surface area contributed by atoms with Gasteiger partial charge in [0.2, 0.25) is 0 Å². The average Bonchev–Trinajstić information content (AvgIpc) is 2.27. The molecule has 1 spiro atoms. The standard InChI is InChI=1S/C14H25NO3S/c1-2-18-13-10-12(14(13)6-3-7-14)15-11-4-8-19(16,17)9-5-11/h11-13,15H,2-10H2,1H3. The molecule has 3 fully saturated rings. The van der Waals surface area contributed by atoms with Crippen LogP contribution in [0.25, 0.3) is 0 Å². The van der Waals surface area contributed by atoms with Crippen molar-refractivity contribution in [2.45, 2.75) is 63.6 Å². The third-order valence-electron chi connectivity index (χ3n) is 5.43. The summed E-state index contributed by atoms with van der Waals surface area (Å²) in [5.74, 6) is 0.721. The molecule has 1 N–H and O–H groups in total. The van der Waals surface area contributed by atoms with Gasteiger partial charge in [0.25, 0.3) is 0 Å². The lowest BCUT2D eigenvalue weighted by atomic mass is 9.51. The lowest BCUT2D eigenvalue weighted by molar-refractivity contribution is -0.174. The van der Waals surface area contributed by atoms with E-state index >= 15 is 0 Å². The van der Waals surface area contributed by atoms with Crippen LogP contribution in [0, 0.1) is 5.41 Å². The molecule has 3 rings (SSSR count). The topological polar surface area (TPSA) is 55.4 Å². The van der Waals surface area contributed by atoms with E-state index in [-0.39, 0.29) is 0 Å². The van der Waals surface area contributed by atoms with E-state index in [0.717, 1.165) is 25.9 Å². The van der Waals surface area contributed by atoms with Crippen LogP contribution in [0.1, 0.15) is 45.4 Å². The minimum Gasteiger partial charge on any atom is -0.378 e. The fraction of sp³-hybridized carbons (Fsp3) is 1.00. The first kappa shape index (κ1) is 13.8. The Kier molecular flexibility index (Phi) is 3.65. The Morgan fingerprint density at radius 2 is 1.95 bits per heavy atom. The summed E-state index contributed by atoms with van der Waals surface area (Å²) in [4.78, 5) is 0. The molecule has 2 aliphatic carbocycles. The first-order valence-corrected chi connectivity index (χ1v) is 9.46. The Morgan fingerprint density at radius 1 is 1.26 bits per heavy atom. The van der Waals surface area contributed by atoms with E-state index in [1.807, 2.05) is 0 Å². The fourth-order valence-electron chi connectivity index (χ4n) is 4.01. The molecule has 19 heavy (non-hydrogen) atoms. The minimum atomic E-state index is -2.74. The zero-order valence-corrected chi connectivity index (χ0v) is 12.5. The van der Waals surface area contributed by atoms with Crippen LogP contribution in [-0.4, -0.2) is 44.7 Å². The summed E-state index contributed by atoms with van der Waals surface area (Å²) in [6.45, 7) is 2.87. The van der Waals surface area contributed by atoms with Crippen molar-refractivity contribution in [3.05, 3.63) is 0 Å². The van der Waals surface area contributed by atoms with Gasteiger partial charge >= 0.3 is 0 Å². The Bertz CT molecular complexity index is 416. The van der Waals surface area contributed by atoms with E-state index in [9.17, 15) is 8.42 Å². The number of ether oxygens (including phenoxy) is 1. The molecule has 2 unspecified atom stereocenters. The van der Waals surface area contributed by atoms with E-state index in [1.54, 1.807) is 0 Å². The maximum atomic E-state index is 11.4. The molecule has 4 nitrogen and oxygen atoms in total. The quantitative estimate of drug-likeness (QED) is 0.851. The molecule has 1 heterocycles. The number of sulfone groups is 1. The Hall–Kier alpha value is -0.130. The van der Waals surface area contributed by atoms with Gasteiger partial charge in [0, 0.05) is 24.1 Å². The molecular formula is C14H25NO3S. The SMILES string of the molecule is CCOC1CC(NC2CCS(=O)(=O)CC2)C12CCC2. The molecule has 2 saturated carbocycles. The van der Waals surface area contributed by atoms with Crippen LogP contribution in [0.15, 0.2) is 0 Å². The second-order valence-corrected chi connectivity index (χ2v) is 8.72. The zero-order chi connectivity index (χ0) is 13.5. The van der Waals surface area contributed by atoms with Crippen LogP contribution in [0.3, 0.4) is 0 Å². The molecule has 1 saturated heterocycles. The molecule has 0 aromatic heterocycles. The first-order valence-electron chi connectivity index (χ1n) is 7.64. The molecule has 0 aromatic rings. The predicted octanol–water partition coefficient (Wildman–Crippen LogP) is 1.50. The summed E-state index contributed by atoms with van der Waals surface area (Å²) in [7, 11) is -2.74. The Labute approximate surface area is 116 Å². The van der Waals surface area contributed by atoms with E-state index in [1.165, 1.54) is 19.3 Å². The Morgan fingerprint density at radius 3 is 2.47 bits per heavy atom. The van der Waals surface area contributed by atoms with E-state index in [0.29, 0.717) is 35.1 Å². The molecule has 3 aliphatic rings. The van der Waals surface area contributed by atoms with Gasteiger partial charge < -0.3 is 10.1 Å². The summed E-state index contributed by atoms with van der Waals surface area (Å²) in [6, 6.07) is 0.956. The highest BCUT2D eigenvalue weighted by Gasteiger charge is 2.59. The van der Waals surface area contributed by atoms with Gasteiger partial charge in [-0.2, -0.15) is 0 Å². The highest BCUT2D eigenvalue weighted by atomic mass is 32.2. The van der Waals surface area contributed by atoms with Gasteiger partial charge in [-0.15, -0.1) is 0 Å².